The maximum Gasteiger partial charge on any atom is 0.167 e. The molecular weight excluding hydrogens is 176 g/mol. The Kier molecular flexibility index (Phi) is 4.07. The van der Waals surface area contributed by atoms with Gasteiger partial charge < -0.3 is 5.73 Å². The Bertz CT molecular complexity index is 267. The second kappa shape index (κ2) is 5.10. The van der Waals surface area contributed by atoms with E-state index in [-0.39, 0.29) is 6.04 Å². The molecule has 1 aromatic heterocycles. The molecule has 0 radical (unpaired) electrons. The number of aromatic amines is 1. The van der Waals surface area contributed by atoms with Gasteiger partial charge in [0, 0.05) is 6.42 Å². The monoisotopic (exact) mass is 196 g/mol. The predicted molar refractivity (Wildman–Crippen MR) is 56.8 cm³/mol. The number of aromatic nitrogens is 3. The van der Waals surface area contributed by atoms with Crippen LogP contribution in [0.2, 0.25) is 0 Å². The third kappa shape index (κ3) is 3.10. The molecule has 0 saturated heterocycles. The smallest absolute Gasteiger partial charge is 0.167 e. The average Bonchev–Trinajstić information content (AvgIpc) is 2.52. The fourth-order valence-corrected chi connectivity index (χ4v) is 1.44. The van der Waals surface area contributed by atoms with Crippen LogP contribution in [0.25, 0.3) is 0 Å². The van der Waals surface area contributed by atoms with E-state index in [0.29, 0.717) is 5.92 Å². The third-order valence-corrected chi connectivity index (χ3v) is 2.09. The molecule has 0 amide bonds. The van der Waals surface area contributed by atoms with E-state index in [1.54, 1.807) is 0 Å². The number of hydrogen-bond acceptors (Lipinski definition) is 3. The summed E-state index contributed by atoms with van der Waals surface area (Å²) in [6.07, 6.45) is 2.96. The van der Waals surface area contributed by atoms with Gasteiger partial charge in [-0.1, -0.05) is 20.8 Å². The molecule has 0 aliphatic carbocycles. The van der Waals surface area contributed by atoms with Crippen molar-refractivity contribution in [1.82, 2.24) is 15.2 Å². The first-order chi connectivity index (χ1) is 6.63. The fraction of sp³-hybridized carbons (Fsp3) is 0.800. The molecular formula is C10H20N4. The lowest BCUT2D eigenvalue weighted by atomic mass is 10.0. The van der Waals surface area contributed by atoms with Crippen LogP contribution < -0.4 is 5.73 Å². The predicted octanol–water partition coefficient (Wildman–Crippen LogP) is 1.80. The van der Waals surface area contributed by atoms with Crippen molar-refractivity contribution in [2.75, 3.05) is 0 Å². The highest BCUT2D eigenvalue weighted by Crippen LogP contribution is 2.14. The summed E-state index contributed by atoms with van der Waals surface area (Å²) in [7, 11) is 0. The van der Waals surface area contributed by atoms with Crippen LogP contribution in [0, 0.1) is 5.92 Å². The van der Waals surface area contributed by atoms with Crippen LogP contribution in [0.15, 0.2) is 0 Å². The van der Waals surface area contributed by atoms with E-state index in [2.05, 4.69) is 36.0 Å². The summed E-state index contributed by atoms with van der Waals surface area (Å²) in [5, 5.41) is 7.05. The number of H-pyrrole nitrogens is 1. The Morgan fingerprint density at radius 3 is 2.71 bits per heavy atom. The van der Waals surface area contributed by atoms with Gasteiger partial charge >= 0.3 is 0 Å². The van der Waals surface area contributed by atoms with Gasteiger partial charge in [-0.3, -0.25) is 5.10 Å². The molecule has 14 heavy (non-hydrogen) atoms. The summed E-state index contributed by atoms with van der Waals surface area (Å²) >= 11 is 0. The van der Waals surface area contributed by atoms with Crippen LogP contribution in [0.5, 0.6) is 0 Å². The Hall–Kier alpha value is -0.900. The molecule has 0 unspecified atom stereocenters. The van der Waals surface area contributed by atoms with E-state index in [4.69, 9.17) is 5.73 Å². The summed E-state index contributed by atoms with van der Waals surface area (Å²) in [5.41, 5.74) is 5.96. The summed E-state index contributed by atoms with van der Waals surface area (Å²) in [6.45, 7) is 6.43. The van der Waals surface area contributed by atoms with Crippen LogP contribution in [0.3, 0.4) is 0 Å². The number of nitrogens with one attached hydrogen (secondary N) is 1. The molecule has 0 saturated carbocycles. The van der Waals surface area contributed by atoms with Gasteiger partial charge in [0.05, 0.1) is 6.04 Å². The summed E-state index contributed by atoms with van der Waals surface area (Å²) in [6, 6.07) is -0.0307. The first kappa shape index (κ1) is 11.2. The highest BCUT2D eigenvalue weighted by Gasteiger charge is 2.13. The highest BCUT2D eigenvalue weighted by molar-refractivity contribution is 4.96. The molecule has 1 rings (SSSR count). The molecule has 4 heteroatoms. The summed E-state index contributed by atoms with van der Waals surface area (Å²) in [5.74, 6) is 2.28. The van der Waals surface area contributed by atoms with Crippen LogP contribution in [-0.4, -0.2) is 15.2 Å². The average molecular weight is 196 g/mol. The minimum Gasteiger partial charge on any atom is -0.321 e. The molecule has 0 bridgehead atoms. The van der Waals surface area contributed by atoms with E-state index in [1.165, 1.54) is 0 Å². The summed E-state index contributed by atoms with van der Waals surface area (Å²) in [4.78, 5) is 4.36. The molecule has 1 heterocycles. The lowest BCUT2D eigenvalue weighted by Crippen LogP contribution is -2.14. The molecule has 3 N–H and O–H groups in total. The number of rotatable bonds is 5. The summed E-state index contributed by atoms with van der Waals surface area (Å²) < 4.78 is 0. The molecule has 0 aromatic carbocycles. The Morgan fingerprint density at radius 1 is 1.43 bits per heavy atom. The van der Waals surface area contributed by atoms with Crippen LogP contribution in [-0.2, 0) is 6.42 Å². The van der Waals surface area contributed by atoms with Crippen molar-refractivity contribution in [3.05, 3.63) is 11.6 Å². The quantitative estimate of drug-likeness (QED) is 0.754. The Labute approximate surface area is 85.3 Å². The Balaban J connectivity index is 2.57. The molecule has 1 aromatic rings. The van der Waals surface area contributed by atoms with E-state index in [9.17, 15) is 0 Å². The zero-order valence-electron chi connectivity index (χ0n) is 9.25. The molecule has 0 aliphatic heterocycles. The molecule has 4 nitrogen and oxygen atoms in total. The minimum absolute atomic E-state index is 0.0307. The van der Waals surface area contributed by atoms with Gasteiger partial charge in [0.15, 0.2) is 5.82 Å². The standard InChI is InChI=1S/C10H20N4/c1-4-5-9-12-10(14-13-9)8(11)6-7(2)3/h7-8H,4-6,11H2,1-3H3,(H,12,13,14)/t8-/m0/s1. The molecule has 80 valence electrons. The molecule has 0 aliphatic rings. The van der Waals surface area contributed by atoms with Gasteiger partial charge in [-0.05, 0) is 18.8 Å². The first-order valence-electron chi connectivity index (χ1n) is 5.30. The molecule has 0 spiro atoms. The largest absolute Gasteiger partial charge is 0.321 e. The van der Waals surface area contributed by atoms with Gasteiger partial charge in [-0.2, -0.15) is 5.10 Å². The normalized spacial score (nSPS) is 13.5. The number of hydrogen-bond donors (Lipinski definition) is 2. The number of nitrogens with two attached hydrogens (primary N) is 1. The van der Waals surface area contributed by atoms with Crippen molar-refractivity contribution in [2.45, 2.75) is 46.1 Å². The van der Waals surface area contributed by atoms with Crippen molar-refractivity contribution in [1.29, 1.82) is 0 Å². The Morgan fingerprint density at radius 2 is 2.14 bits per heavy atom. The van der Waals surface area contributed by atoms with Gasteiger partial charge in [-0.15, -0.1) is 0 Å². The zero-order valence-corrected chi connectivity index (χ0v) is 9.25. The van der Waals surface area contributed by atoms with Crippen molar-refractivity contribution in [2.24, 2.45) is 11.7 Å². The zero-order chi connectivity index (χ0) is 10.6. The van der Waals surface area contributed by atoms with Gasteiger partial charge in [0.1, 0.15) is 5.82 Å². The van der Waals surface area contributed by atoms with E-state index in [0.717, 1.165) is 30.9 Å². The van der Waals surface area contributed by atoms with Crippen molar-refractivity contribution in [3.63, 3.8) is 0 Å². The molecule has 0 fully saturated rings. The third-order valence-electron chi connectivity index (χ3n) is 2.09. The lowest BCUT2D eigenvalue weighted by Gasteiger charge is -2.09. The second-order valence-electron chi connectivity index (χ2n) is 4.13. The fourth-order valence-electron chi connectivity index (χ4n) is 1.44. The maximum absolute atomic E-state index is 5.96. The first-order valence-corrected chi connectivity index (χ1v) is 5.30. The van der Waals surface area contributed by atoms with E-state index < -0.39 is 0 Å². The number of nitrogens with zero attached hydrogens (tertiary/aromatic N) is 2. The van der Waals surface area contributed by atoms with E-state index >= 15 is 0 Å². The van der Waals surface area contributed by atoms with Crippen molar-refractivity contribution >= 4 is 0 Å². The van der Waals surface area contributed by atoms with Crippen molar-refractivity contribution < 1.29 is 0 Å². The van der Waals surface area contributed by atoms with Gasteiger partial charge in [0.25, 0.3) is 0 Å². The van der Waals surface area contributed by atoms with Crippen molar-refractivity contribution in [3.8, 4) is 0 Å². The van der Waals surface area contributed by atoms with E-state index in [1.807, 2.05) is 0 Å². The van der Waals surface area contributed by atoms with Crippen LogP contribution >= 0.6 is 0 Å². The highest BCUT2D eigenvalue weighted by atomic mass is 15.2. The minimum atomic E-state index is -0.0307. The number of aryl methyl sites for hydroxylation is 1. The van der Waals surface area contributed by atoms with Crippen LogP contribution in [0.4, 0.5) is 0 Å². The molecule has 1 atom stereocenters. The SMILES string of the molecule is CCCc1nc([C@@H](N)CC(C)C)n[nH]1. The second-order valence-corrected chi connectivity index (χ2v) is 4.13. The van der Waals surface area contributed by atoms with Gasteiger partial charge in [-0.25, -0.2) is 4.98 Å². The van der Waals surface area contributed by atoms with Gasteiger partial charge in [0.2, 0.25) is 0 Å². The van der Waals surface area contributed by atoms with Crippen LogP contribution in [0.1, 0.15) is 51.3 Å². The lowest BCUT2D eigenvalue weighted by molar-refractivity contribution is 0.494. The topological polar surface area (TPSA) is 67.6 Å². The maximum atomic E-state index is 5.96.